The average molecular weight is 539 g/mol. The Bertz CT molecular complexity index is 1450. The van der Waals surface area contributed by atoms with Gasteiger partial charge in [0.1, 0.15) is 0 Å². The first-order valence-electron chi connectivity index (χ1n) is 11.7. The van der Waals surface area contributed by atoms with Gasteiger partial charge in [-0.25, -0.2) is 9.97 Å². The van der Waals surface area contributed by atoms with E-state index in [0.29, 0.717) is 46.7 Å². The van der Waals surface area contributed by atoms with Crippen LogP contribution in [0, 0.1) is 0 Å². The summed E-state index contributed by atoms with van der Waals surface area (Å²) in [5.74, 6) is 1.23. The Morgan fingerprint density at radius 1 is 0.897 bits per heavy atom. The maximum absolute atomic E-state index is 13.0. The third-order valence-corrected chi connectivity index (χ3v) is 5.70. The minimum Gasteiger partial charge on any atom is -0.493 e. The summed E-state index contributed by atoms with van der Waals surface area (Å²) < 4.78 is 55.2. The minimum absolute atomic E-state index is 0.101. The minimum atomic E-state index is -4.54. The molecule has 39 heavy (non-hydrogen) atoms. The van der Waals surface area contributed by atoms with Crippen molar-refractivity contribution < 1.29 is 32.2 Å². The number of carbonyl (C=O) groups excluding carboxylic acids is 1. The molecule has 0 atom stereocenters. The fourth-order valence-corrected chi connectivity index (χ4v) is 3.82. The third kappa shape index (κ3) is 6.56. The van der Waals surface area contributed by atoms with Crippen LogP contribution in [-0.4, -0.2) is 37.2 Å². The first kappa shape index (κ1) is 27.2. The van der Waals surface area contributed by atoms with Gasteiger partial charge < -0.3 is 24.8 Å². The molecule has 1 aromatic heterocycles. The van der Waals surface area contributed by atoms with Crippen molar-refractivity contribution in [1.29, 1.82) is 0 Å². The van der Waals surface area contributed by atoms with Gasteiger partial charge in [-0.15, -0.1) is 0 Å². The monoisotopic (exact) mass is 538 g/mol. The molecule has 4 aromatic rings. The van der Waals surface area contributed by atoms with E-state index in [9.17, 15) is 18.0 Å². The lowest BCUT2D eigenvalue weighted by Gasteiger charge is -2.14. The number of nitrogens with zero attached hydrogens (tertiary/aromatic N) is 2. The predicted molar refractivity (Wildman–Crippen MR) is 140 cm³/mol. The molecule has 0 spiro atoms. The second-order valence-electron chi connectivity index (χ2n) is 8.27. The summed E-state index contributed by atoms with van der Waals surface area (Å²) in [5.41, 5.74) is 1.51. The summed E-state index contributed by atoms with van der Waals surface area (Å²) in [6.07, 6.45) is -2.95. The zero-order valence-corrected chi connectivity index (χ0v) is 21.3. The smallest absolute Gasteiger partial charge is 0.416 e. The number of carbonyl (C=O) groups is 1. The highest BCUT2D eigenvalue weighted by Gasteiger charge is 2.30. The number of methoxy groups -OCH3 is 3. The zero-order chi connectivity index (χ0) is 28.0. The fraction of sp³-hybridized carbons (Fsp3) is 0.179. The second kappa shape index (κ2) is 11.7. The van der Waals surface area contributed by atoms with Crippen molar-refractivity contribution in [3.63, 3.8) is 0 Å². The van der Waals surface area contributed by atoms with Crippen LogP contribution in [0.2, 0.25) is 0 Å². The maximum atomic E-state index is 13.0. The Hall–Kier alpha value is -4.80. The van der Waals surface area contributed by atoms with Gasteiger partial charge in [-0.2, -0.15) is 13.2 Å². The molecule has 0 saturated carbocycles. The first-order valence-corrected chi connectivity index (χ1v) is 11.7. The van der Waals surface area contributed by atoms with E-state index in [-0.39, 0.29) is 5.56 Å². The number of benzene rings is 3. The van der Waals surface area contributed by atoms with Gasteiger partial charge >= 0.3 is 6.18 Å². The molecule has 11 heteroatoms. The van der Waals surface area contributed by atoms with Crippen molar-refractivity contribution in [1.82, 2.24) is 9.97 Å². The number of anilines is 2. The molecule has 0 aliphatic carbocycles. The van der Waals surface area contributed by atoms with Crippen molar-refractivity contribution in [3.05, 3.63) is 89.6 Å². The summed E-state index contributed by atoms with van der Waals surface area (Å²) in [7, 11) is 4.61. The topological polar surface area (TPSA) is 94.6 Å². The Balaban J connectivity index is 1.49. The highest BCUT2D eigenvalue weighted by Crippen LogP contribution is 2.38. The molecule has 1 amide bonds. The van der Waals surface area contributed by atoms with Crippen LogP contribution in [-0.2, 0) is 12.7 Å². The molecule has 202 valence electrons. The predicted octanol–water partition coefficient (Wildman–Crippen LogP) is 6.05. The number of aromatic nitrogens is 2. The molecule has 0 saturated heterocycles. The molecular formula is C28H25F3N4O4. The van der Waals surface area contributed by atoms with Crippen molar-refractivity contribution >= 4 is 17.5 Å². The Kier molecular flexibility index (Phi) is 8.18. The molecule has 3 aromatic carbocycles. The number of hydrogen-bond donors (Lipinski definition) is 2. The van der Waals surface area contributed by atoms with Gasteiger partial charge in [-0.1, -0.05) is 18.2 Å². The van der Waals surface area contributed by atoms with Gasteiger partial charge in [0, 0.05) is 29.6 Å². The SMILES string of the molecule is COc1cc(CNc2nccc(-c3cccc(NC(=O)c4cccc(C(F)(F)F)c4)c3)n2)cc(OC)c1OC. The average Bonchev–Trinajstić information content (AvgIpc) is 2.95. The van der Waals surface area contributed by atoms with E-state index >= 15 is 0 Å². The van der Waals surface area contributed by atoms with Gasteiger partial charge in [0.25, 0.3) is 5.91 Å². The lowest BCUT2D eigenvalue weighted by molar-refractivity contribution is -0.137. The van der Waals surface area contributed by atoms with E-state index in [2.05, 4.69) is 20.6 Å². The molecule has 0 aliphatic rings. The zero-order valence-electron chi connectivity index (χ0n) is 21.3. The number of hydrogen-bond acceptors (Lipinski definition) is 7. The highest BCUT2D eigenvalue weighted by atomic mass is 19.4. The Morgan fingerprint density at radius 3 is 2.28 bits per heavy atom. The van der Waals surface area contributed by atoms with Crippen LogP contribution in [0.1, 0.15) is 21.5 Å². The van der Waals surface area contributed by atoms with E-state index < -0.39 is 17.6 Å². The van der Waals surface area contributed by atoms with Crippen LogP contribution in [0.3, 0.4) is 0 Å². The molecule has 1 heterocycles. The number of nitrogens with one attached hydrogen (secondary N) is 2. The van der Waals surface area contributed by atoms with E-state index in [1.54, 1.807) is 36.5 Å². The van der Waals surface area contributed by atoms with E-state index in [1.165, 1.54) is 33.5 Å². The summed E-state index contributed by atoms with van der Waals surface area (Å²) in [4.78, 5) is 21.4. The van der Waals surface area contributed by atoms with Crippen LogP contribution in [0.5, 0.6) is 17.2 Å². The van der Waals surface area contributed by atoms with E-state index in [0.717, 1.165) is 17.7 Å². The molecule has 0 bridgehead atoms. The van der Waals surface area contributed by atoms with Gasteiger partial charge in [0.2, 0.25) is 11.7 Å². The van der Waals surface area contributed by atoms with Crippen LogP contribution >= 0.6 is 0 Å². The summed E-state index contributed by atoms with van der Waals surface area (Å²) in [5, 5.41) is 5.80. The largest absolute Gasteiger partial charge is 0.493 e. The summed E-state index contributed by atoms with van der Waals surface area (Å²) >= 11 is 0. The van der Waals surface area contributed by atoms with Gasteiger partial charge in [-0.3, -0.25) is 4.79 Å². The molecule has 2 N–H and O–H groups in total. The van der Waals surface area contributed by atoms with Crippen LogP contribution < -0.4 is 24.8 Å². The Morgan fingerprint density at radius 2 is 1.62 bits per heavy atom. The lowest BCUT2D eigenvalue weighted by Crippen LogP contribution is -2.14. The van der Waals surface area contributed by atoms with Crippen molar-refractivity contribution in [2.75, 3.05) is 32.0 Å². The standard InChI is InChI=1S/C28H25F3N4O4/c1-37-23-12-17(13-24(38-2)25(23)39-3)16-33-27-32-11-10-22(35-27)18-6-5-9-21(15-18)34-26(36)19-7-4-8-20(14-19)28(29,30)31/h4-15H,16H2,1-3H3,(H,34,36)(H,32,33,35). The summed E-state index contributed by atoms with van der Waals surface area (Å²) in [6.45, 7) is 0.368. The second-order valence-corrected chi connectivity index (χ2v) is 8.27. The molecule has 0 unspecified atom stereocenters. The molecule has 4 rings (SSSR count). The number of amides is 1. The van der Waals surface area contributed by atoms with Crippen LogP contribution in [0.15, 0.2) is 72.9 Å². The molecule has 0 radical (unpaired) electrons. The van der Waals surface area contributed by atoms with E-state index in [1.807, 2.05) is 12.1 Å². The van der Waals surface area contributed by atoms with Crippen molar-refractivity contribution in [2.24, 2.45) is 0 Å². The lowest BCUT2D eigenvalue weighted by atomic mass is 10.1. The first-order chi connectivity index (χ1) is 18.7. The number of alkyl halides is 3. The quantitative estimate of drug-likeness (QED) is 0.268. The molecule has 0 fully saturated rings. The van der Waals surface area contributed by atoms with Gasteiger partial charge in [-0.05, 0) is 54.1 Å². The fourth-order valence-electron chi connectivity index (χ4n) is 3.82. The van der Waals surface area contributed by atoms with Crippen molar-refractivity contribution in [3.8, 4) is 28.5 Å². The van der Waals surface area contributed by atoms with Crippen LogP contribution in [0.25, 0.3) is 11.3 Å². The Labute approximate surface area is 222 Å². The molecule has 0 aliphatic heterocycles. The van der Waals surface area contributed by atoms with Gasteiger partial charge in [0.05, 0.1) is 32.6 Å². The van der Waals surface area contributed by atoms with Crippen molar-refractivity contribution in [2.45, 2.75) is 12.7 Å². The normalized spacial score (nSPS) is 11.0. The number of ether oxygens (including phenoxy) is 3. The number of halogens is 3. The maximum Gasteiger partial charge on any atom is 0.416 e. The highest BCUT2D eigenvalue weighted by molar-refractivity contribution is 6.04. The molecule has 8 nitrogen and oxygen atoms in total. The van der Waals surface area contributed by atoms with E-state index in [4.69, 9.17) is 14.2 Å². The molecular weight excluding hydrogens is 513 g/mol. The van der Waals surface area contributed by atoms with Gasteiger partial charge in [0.15, 0.2) is 11.5 Å². The third-order valence-electron chi connectivity index (χ3n) is 5.70. The van der Waals surface area contributed by atoms with Crippen LogP contribution in [0.4, 0.5) is 24.8 Å². The number of rotatable bonds is 9. The summed E-state index contributed by atoms with van der Waals surface area (Å²) in [6, 6.07) is 16.4.